The van der Waals surface area contributed by atoms with Gasteiger partial charge >= 0.3 is 0 Å². The molecule has 4 saturated carbocycles. The first-order valence-electron chi connectivity index (χ1n) is 18.8. The molecule has 12 atom stereocenters. The summed E-state index contributed by atoms with van der Waals surface area (Å²) in [5.74, 6) is 4.34. The van der Waals surface area contributed by atoms with Crippen LogP contribution in [0.2, 0.25) is 0 Å². The molecule has 1 N–H and O–H groups in total. The van der Waals surface area contributed by atoms with E-state index in [0.29, 0.717) is 46.6 Å². The Hall–Kier alpha value is -1.22. The number of morpholine rings is 1. The Balaban J connectivity index is 0.853. The van der Waals surface area contributed by atoms with E-state index in [1.165, 1.54) is 44.9 Å². The molecule has 4 saturated heterocycles. The van der Waals surface area contributed by atoms with Gasteiger partial charge in [0, 0.05) is 50.6 Å². The average molecular weight is 626 g/mol. The highest BCUT2D eigenvalue weighted by Crippen LogP contribution is 2.71. The van der Waals surface area contributed by atoms with Crippen LogP contribution in [0.3, 0.4) is 0 Å². The van der Waals surface area contributed by atoms with Gasteiger partial charge in [0.05, 0.1) is 25.9 Å². The first kappa shape index (κ1) is 31.1. The van der Waals surface area contributed by atoms with Gasteiger partial charge in [0.25, 0.3) is 0 Å². The maximum atomic E-state index is 13.0. The minimum absolute atomic E-state index is 0.00654. The lowest BCUT2D eigenvalue weighted by molar-refractivity contribution is -0.273. The minimum Gasteiger partial charge on any atom is -0.379 e. The maximum Gasteiger partial charge on any atom is 0.232 e. The molecule has 1 unspecified atom stereocenters. The summed E-state index contributed by atoms with van der Waals surface area (Å²) in [6.45, 7) is 15.8. The van der Waals surface area contributed by atoms with Crippen LogP contribution in [0.1, 0.15) is 98.3 Å². The lowest BCUT2D eigenvalue weighted by Crippen LogP contribution is -2.63. The number of nitrogens with one attached hydrogen (secondary N) is 1. The summed E-state index contributed by atoms with van der Waals surface area (Å²) in [6.07, 6.45) is 12.5. The van der Waals surface area contributed by atoms with Gasteiger partial charge in [0.1, 0.15) is 6.42 Å². The van der Waals surface area contributed by atoms with E-state index in [1.54, 1.807) is 0 Å². The summed E-state index contributed by atoms with van der Waals surface area (Å²) in [4.78, 5) is 30.2. The second kappa shape index (κ2) is 11.4. The van der Waals surface area contributed by atoms with Crippen molar-refractivity contribution in [2.45, 2.75) is 122 Å². The molecule has 0 radical (unpaired) electrons. The van der Waals surface area contributed by atoms with Crippen molar-refractivity contribution in [3.8, 4) is 0 Å². The summed E-state index contributed by atoms with van der Waals surface area (Å²) >= 11 is 0. The molecule has 4 aliphatic heterocycles. The van der Waals surface area contributed by atoms with Crippen molar-refractivity contribution in [1.82, 2.24) is 15.1 Å². The van der Waals surface area contributed by atoms with Gasteiger partial charge in [0.2, 0.25) is 11.8 Å². The topological polar surface area (TPSA) is 80.3 Å². The van der Waals surface area contributed by atoms with Gasteiger partial charge in [-0.15, -0.1) is 0 Å². The van der Waals surface area contributed by atoms with Crippen molar-refractivity contribution < 1.29 is 23.8 Å². The fourth-order valence-corrected chi connectivity index (χ4v) is 12.8. The molecule has 2 amide bonds. The van der Waals surface area contributed by atoms with Crippen molar-refractivity contribution in [1.29, 1.82) is 0 Å². The number of nitrogens with zero attached hydrogens (tertiary/aromatic N) is 2. The Morgan fingerprint density at radius 1 is 0.889 bits per heavy atom. The highest BCUT2D eigenvalue weighted by molar-refractivity contribution is 5.97. The highest BCUT2D eigenvalue weighted by atomic mass is 16.7. The van der Waals surface area contributed by atoms with Crippen LogP contribution in [0.15, 0.2) is 0 Å². The van der Waals surface area contributed by atoms with Crippen LogP contribution in [0.4, 0.5) is 0 Å². The molecule has 8 nitrogen and oxygen atoms in total. The van der Waals surface area contributed by atoms with E-state index in [-0.39, 0.29) is 30.1 Å². The van der Waals surface area contributed by atoms with Crippen LogP contribution in [-0.4, -0.2) is 91.6 Å². The van der Waals surface area contributed by atoms with Crippen molar-refractivity contribution in [2.75, 3.05) is 46.0 Å². The summed E-state index contributed by atoms with van der Waals surface area (Å²) < 4.78 is 19.0. The van der Waals surface area contributed by atoms with E-state index in [2.05, 4.69) is 37.9 Å². The second-order valence-electron chi connectivity index (χ2n) is 17.5. The number of likely N-dealkylation sites (tertiary alicyclic amines) is 1. The number of fused-ring (bicyclic) bond motifs is 7. The molecule has 4 aliphatic carbocycles. The van der Waals surface area contributed by atoms with E-state index < -0.39 is 0 Å². The average Bonchev–Trinajstić information content (AvgIpc) is 3.44. The number of hydrogen-bond acceptors (Lipinski definition) is 6. The van der Waals surface area contributed by atoms with Crippen LogP contribution in [-0.2, 0) is 23.8 Å². The molecule has 8 aliphatic rings. The van der Waals surface area contributed by atoms with Gasteiger partial charge in [-0.1, -0.05) is 27.7 Å². The SMILES string of the molecule is C[C@@H]1CC[C@@]2(OC1)O[C@H]1C[C@H]3[C@@H]4CC[C@@H]5C[C@H](NC(=O)CC(=O)N6CC(N7CCOCC7)C6)CC[C@]5(C)C4CC[C@]3(C)[C@H]1[C@@H]2C. The largest absolute Gasteiger partial charge is 0.379 e. The lowest BCUT2D eigenvalue weighted by Gasteiger charge is -2.61. The summed E-state index contributed by atoms with van der Waals surface area (Å²) in [5.41, 5.74) is 0.724. The molecule has 0 aromatic heterocycles. The fourth-order valence-electron chi connectivity index (χ4n) is 12.8. The van der Waals surface area contributed by atoms with Gasteiger partial charge in [-0.2, -0.15) is 0 Å². The maximum absolute atomic E-state index is 13.0. The van der Waals surface area contributed by atoms with E-state index >= 15 is 0 Å². The van der Waals surface area contributed by atoms with Gasteiger partial charge in [-0.05, 0) is 104 Å². The van der Waals surface area contributed by atoms with Crippen molar-refractivity contribution in [3.63, 3.8) is 0 Å². The first-order chi connectivity index (χ1) is 21.6. The van der Waals surface area contributed by atoms with Crippen LogP contribution < -0.4 is 5.32 Å². The zero-order valence-electron chi connectivity index (χ0n) is 28.4. The third kappa shape index (κ3) is 5.04. The molecule has 1 spiro atoms. The Bertz CT molecular complexity index is 1140. The zero-order valence-corrected chi connectivity index (χ0v) is 28.4. The van der Waals surface area contributed by atoms with Crippen molar-refractivity contribution in [3.05, 3.63) is 0 Å². The first-order valence-corrected chi connectivity index (χ1v) is 18.8. The van der Waals surface area contributed by atoms with Gasteiger partial charge in [-0.25, -0.2) is 0 Å². The highest BCUT2D eigenvalue weighted by Gasteiger charge is 2.69. The van der Waals surface area contributed by atoms with Crippen LogP contribution in [0, 0.1) is 52.3 Å². The molecule has 0 aromatic rings. The van der Waals surface area contributed by atoms with E-state index in [9.17, 15) is 9.59 Å². The molecule has 0 aromatic carbocycles. The normalized spacial score (nSPS) is 49.9. The molecular formula is C37H59N3O5. The van der Waals surface area contributed by atoms with Crippen LogP contribution in [0.25, 0.3) is 0 Å². The predicted octanol–water partition coefficient (Wildman–Crippen LogP) is 4.85. The molecule has 8 rings (SSSR count). The summed E-state index contributed by atoms with van der Waals surface area (Å²) in [6, 6.07) is 0.636. The van der Waals surface area contributed by atoms with Gasteiger partial charge < -0.3 is 24.4 Å². The molecule has 45 heavy (non-hydrogen) atoms. The van der Waals surface area contributed by atoms with Crippen LogP contribution in [0.5, 0.6) is 0 Å². The molecule has 8 fully saturated rings. The smallest absolute Gasteiger partial charge is 0.232 e. The molecular weight excluding hydrogens is 566 g/mol. The van der Waals surface area contributed by atoms with Gasteiger partial charge in [0.15, 0.2) is 5.79 Å². The second-order valence-corrected chi connectivity index (χ2v) is 17.5. The van der Waals surface area contributed by atoms with Gasteiger partial charge in [-0.3, -0.25) is 14.5 Å². The Morgan fingerprint density at radius 2 is 1.67 bits per heavy atom. The lowest BCUT2D eigenvalue weighted by atomic mass is 9.44. The molecule has 0 bridgehead atoms. The molecule has 8 heteroatoms. The summed E-state index contributed by atoms with van der Waals surface area (Å²) in [5, 5.41) is 3.31. The predicted molar refractivity (Wildman–Crippen MR) is 171 cm³/mol. The monoisotopic (exact) mass is 625 g/mol. The third-order valence-electron chi connectivity index (χ3n) is 15.4. The number of ether oxygens (including phenoxy) is 3. The van der Waals surface area contributed by atoms with Crippen molar-refractivity contribution in [2.24, 2.45) is 52.3 Å². The number of carbonyl (C=O) groups excluding carboxylic acids is 2. The Morgan fingerprint density at radius 3 is 2.42 bits per heavy atom. The van der Waals surface area contributed by atoms with Crippen LogP contribution >= 0.6 is 0 Å². The molecule has 252 valence electrons. The number of carbonyl (C=O) groups is 2. The Labute approximate surface area is 271 Å². The fraction of sp³-hybridized carbons (Fsp3) is 0.946. The van der Waals surface area contributed by atoms with E-state index in [4.69, 9.17) is 14.2 Å². The summed E-state index contributed by atoms with van der Waals surface area (Å²) in [7, 11) is 0. The van der Waals surface area contributed by atoms with E-state index in [0.717, 1.165) is 83.0 Å². The third-order valence-corrected chi connectivity index (χ3v) is 15.4. The standard InChI is InChI=1S/C37H59N3O5/c1-23-7-12-37(44-22-23)24(2)34-31(45-37)18-30-28-6-5-25-17-26(8-10-35(25,3)29(28)9-11-36(30,34)4)38-32(41)19-33(42)40-20-27(21-40)39-13-15-43-16-14-39/h23-31,34H,5-22H2,1-4H3,(H,38,41)/t23-,24+,25-,26-,28-,29?,30+,31+,34+,35+,36+,37-/m1/s1. The Kier molecular flexibility index (Phi) is 7.90. The number of hydrogen-bond donors (Lipinski definition) is 1. The number of amides is 2. The molecule has 4 heterocycles. The van der Waals surface area contributed by atoms with E-state index in [1.807, 2.05) is 4.90 Å². The minimum atomic E-state index is -0.329. The zero-order chi connectivity index (χ0) is 31.1. The number of rotatable bonds is 4. The quantitative estimate of drug-likeness (QED) is 0.450. The van der Waals surface area contributed by atoms with Crippen molar-refractivity contribution >= 4 is 11.8 Å².